The van der Waals surface area contributed by atoms with Gasteiger partial charge in [-0.3, -0.25) is 52.7 Å². The highest BCUT2D eigenvalue weighted by molar-refractivity contribution is 5.95. The number of rotatable bonds is 64. The molecule has 0 bridgehead atoms. The Morgan fingerprint density at radius 2 is 1.03 bits per heavy atom. The molecule has 0 saturated heterocycles. The van der Waals surface area contributed by atoms with Gasteiger partial charge in [0.2, 0.25) is 17.7 Å². The molecule has 2 rings (SSSR count). The van der Waals surface area contributed by atoms with Gasteiger partial charge in [0, 0.05) is 89.2 Å². The number of carboxylic acid groups (broad SMARTS) is 4. The highest BCUT2D eigenvalue weighted by Crippen LogP contribution is 2.31. The normalized spacial score (nSPS) is 14.9. The second-order valence-corrected chi connectivity index (χ2v) is 27.5. The third-order valence-electron chi connectivity index (χ3n) is 17.8. The summed E-state index contributed by atoms with van der Waals surface area (Å²) in [6.45, 7) is 7.70. The topological polar surface area (TPSA) is 413 Å². The number of amides is 3. The Labute approximate surface area is 587 Å². The molecule has 26 heteroatoms. The summed E-state index contributed by atoms with van der Waals surface area (Å²) >= 11 is 0. The molecule has 3 amide bonds. The molecule has 1 fully saturated rings. The van der Waals surface area contributed by atoms with E-state index in [2.05, 4.69) is 32.8 Å². The number of carboxylic acids is 4. The maximum absolute atomic E-state index is 13.3. The van der Waals surface area contributed by atoms with Crippen molar-refractivity contribution in [2.24, 2.45) is 34.8 Å². The zero-order valence-electron chi connectivity index (χ0n) is 60.2. The number of aromatic nitrogens is 2. The molecule has 1 heterocycles. The number of Topliss-reactive ketones (excluding diaryl/α,β-unsaturated/α-hetero) is 5. The van der Waals surface area contributed by atoms with Crippen molar-refractivity contribution in [3.05, 3.63) is 18.2 Å². The van der Waals surface area contributed by atoms with Gasteiger partial charge in [0.1, 0.15) is 24.8 Å². The van der Waals surface area contributed by atoms with E-state index >= 15 is 0 Å². The number of hydrogen-bond donors (Lipinski definition) is 9. The van der Waals surface area contributed by atoms with E-state index in [1.165, 1.54) is 142 Å². The van der Waals surface area contributed by atoms with Crippen molar-refractivity contribution in [1.29, 1.82) is 0 Å². The molecule has 0 unspecified atom stereocenters. The average Bonchev–Trinajstić information content (AvgIpc) is 1.15. The smallest absolute Gasteiger partial charge is 0.306 e. The number of unbranched alkanes of at least 4 members (excludes halogenated alkanes) is 17. The Kier molecular flexibility index (Phi) is 52.5. The number of hydrogen-bond acceptors (Lipinski definition) is 18. The third kappa shape index (κ3) is 51.5. The number of H-pyrrole nitrogens is 1. The Morgan fingerprint density at radius 3 is 1.55 bits per heavy atom. The maximum Gasteiger partial charge on any atom is 0.306 e. The number of imidazole rings is 1. The van der Waals surface area contributed by atoms with Gasteiger partial charge in [-0.25, -0.2) is 4.98 Å². The first-order chi connectivity index (χ1) is 47.3. The van der Waals surface area contributed by atoms with Crippen LogP contribution in [0.25, 0.3) is 0 Å². The zero-order valence-corrected chi connectivity index (χ0v) is 60.2. The van der Waals surface area contributed by atoms with E-state index in [1.807, 2.05) is 0 Å². The molecule has 1 saturated carbocycles. The molecule has 0 radical (unpaired) electrons. The first-order valence-electron chi connectivity index (χ1n) is 36.6. The number of nitrogens with zero attached hydrogens (tertiary/aromatic N) is 1. The molecule has 4 atom stereocenters. The van der Waals surface area contributed by atoms with Crippen LogP contribution < -0.4 is 21.7 Å². The Hall–Kier alpha value is -6.35. The van der Waals surface area contributed by atoms with Crippen LogP contribution in [-0.4, -0.2) is 179 Å². The minimum absolute atomic E-state index is 0.0287. The van der Waals surface area contributed by atoms with Crippen molar-refractivity contribution in [2.75, 3.05) is 65.9 Å². The number of aliphatic carboxylic acids is 4. The highest BCUT2D eigenvalue weighted by Gasteiger charge is 2.36. The summed E-state index contributed by atoms with van der Waals surface area (Å²) in [7, 11) is 0. The number of nitrogens with one attached hydrogen (secondary N) is 4. The fourth-order valence-corrected chi connectivity index (χ4v) is 11.6. The molecule has 26 nitrogen and oxygen atoms in total. The lowest BCUT2D eigenvalue weighted by Gasteiger charge is -2.27. The van der Waals surface area contributed by atoms with Crippen molar-refractivity contribution in [2.45, 2.75) is 277 Å². The predicted octanol–water partition coefficient (Wildman–Crippen LogP) is 9.82. The Bertz CT molecular complexity index is 2470. The number of carbonyl (C=O) groups excluding carboxylic acids is 8. The molecular formula is C73H124N6O20. The van der Waals surface area contributed by atoms with Crippen LogP contribution in [-0.2, 0) is 82.9 Å². The summed E-state index contributed by atoms with van der Waals surface area (Å²) in [4.78, 5) is 150. The van der Waals surface area contributed by atoms with Crippen molar-refractivity contribution >= 4 is 70.5 Å². The monoisotopic (exact) mass is 1400 g/mol. The molecule has 1 aromatic rings. The van der Waals surface area contributed by atoms with Crippen molar-refractivity contribution in [3.63, 3.8) is 0 Å². The van der Waals surface area contributed by atoms with Crippen LogP contribution in [0.5, 0.6) is 0 Å². The first-order valence-corrected chi connectivity index (χ1v) is 36.6. The van der Waals surface area contributed by atoms with E-state index in [-0.39, 0.29) is 141 Å². The van der Waals surface area contributed by atoms with Crippen LogP contribution in [0.1, 0.15) is 265 Å². The summed E-state index contributed by atoms with van der Waals surface area (Å²) in [5, 5.41) is 44.6. The molecule has 1 aliphatic rings. The summed E-state index contributed by atoms with van der Waals surface area (Å²) in [5.41, 5.74) is 5.35. The van der Waals surface area contributed by atoms with E-state index in [1.54, 1.807) is 0 Å². The van der Waals surface area contributed by atoms with Crippen molar-refractivity contribution < 1.29 is 96.9 Å². The van der Waals surface area contributed by atoms with Crippen LogP contribution in [0.15, 0.2) is 12.5 Å². The SMILES string of the molecule is CC(=O)C[C@@H](CCC(=O)NCCOCCOCC(=O)NCCOCCOCC(=O)CCCCC[C@H](CC(=O)[C@H](CCC(=O)O)NC(=O)C(C)(C)CC(=O)[C@@H](N)Cc1cnc[nH]1)C(=O)O)C(=O)O.CC1CCC(CCC(=O)CCCCCCCCCCCCCCCCCCC(=O)O)CC1. The van der Waals surface area contributed by atoms with Crippen molar-refractivity contribution in [1.82, 2.24) is 25.9 Å². The van der Waals surface area contributed by atoms with Gasteiger partial charge in [0.15, 0.2) is 17.3 Å². The van der Waals surface area contributed by atoms with E-state index in [0.29, 0.717) is 37.2 Å². The third-order valence-corrected chi connectivity index (χ3v) is 17.8. The minimum atomic E-state index is -1.32. The van der Waals surface area contributed by atoms with Gasteiger partial charge >= 0.3 is 23.9 Å². The summed E-state index contributed by atoms with van der Waals surface area (Å²) in [5.74, 6) is -6.86. The van der Waals surface area contributed by atoms with Crippen LogP contribution in [0, 0.1) is 29.1 Å². The van der Waals surface area contributed by atoms with E-state index in [4.69, 9.17) is 34.9 Å². The average molecular weight is 1410 g/mol. The molecule has 0 aromatic carbocycles. The van der Waals surface area contributed by atoms with Gasteiger partial charge in [-0.2, -0.15) is 0 Å². The number of carbonyl (C=O) groups is 12. The van der Waals surface area contributed by atoms with Gasteiger partial charge in [0.05, 0.1) is 75.3 Å². The fourth-order valence-electron chi connectivity index (χ4n) is 11.6. The number of aromatic amines is 1. The first kappa shape index (κ1) is 90.7. The molecule has 10 N–H and O–H groups in total. The second-order valence-electron chi connectivity index (χ2n) is 27.5. The second kappa shape index (κ2) is 57.3. The standard InChI is InChI=1S/C44H70N6O17.C29H54O3/c1-29(51)21-31(42(61)62)9-11-38(55)47-13-15-64-18-20-67-27-39(56)48-14-16-65-17-19-66-26-33(52)8-6-4-5-7-30(41(59)60)22-36(53)35(10-12-40(57)58)50-43(63)44(2,3)24-37(54)34(45)23-32-25-46-28-49-32;1-26-20-22-27(23-21-26)24-25-28(30)18-16-14-12-10-8-6-4-2-3-5-7-9-11-13-15-17-19-29(31)32/h25,28,30-31,34-35H,4-24,26-27,45H2,1-3H3,(H,46,49)(H,47,55)(H,48,56)(H,50,63)(H,57,58)(H,59,60)(H,61,62);26-27H,2-25H2,1H3,(H,31,32)/t30-,31-,34+,35+;/m1./s1. The van der Waals surface area contributed by atoms with Crippen molar-refractivity contribution in [3.8, 4) is 0 Å². The lowest BCUT2D eigenvalue weighted by Crippen LogP contribution is -2.49. The highest BCUT2D eigenvalue weighted by atomic mass is 16.5. The Balaban J connectivity index is 0.00000127. The van der Waals surface area contributed by atoms with E-state index in [9.17, 15) is 67.7 Å². The maximum atomic E-state index is 13.3. The predicted molar refractivity (Wildman–Crippen MR) is 372 cm³/mol. The van der Waals surface area contributed by atoms with E-state index < -0.39 is 83.5 Å². The fraction of sp³-hybridized carbons (Fsp3) is 0.795. The zero-order chi connectivity index (χ0) is 73.5. The van der Waals surface area contributed by atoms with Crippen LogP contribution in [0.4, 0.5) is 0 Å². The molecule has 1 aromatic heterocycles. The summed E-state index contributed by atoms with van der Waals surface area (Å²) in [6.07, 6.45) is 32.1. The quantitative estimate of drug-likeness (QED) is 0.0274. The van der Waals surface area contributed by atoms with Crippen LogP contribution in [0.2, 0.25) is 0 Å². The van der Waals surface area contributed by atoms with Gasteiger partial charge in [-0.05, 0) is 63.7 Å². The number of ether oxygens (including phenoxy) is 4. The summed E-state index contributed by atoms with van der Waals surface area (Å²) < 4.78 is 21.3. The largest absolute Gasteiger partial charge is 0.481 e. The minimum Gasteiger partial charge on any atom is -0.481 e. The molecule has 0 spiro atoms. The van der Waals surface area contributed by atoms with Gasteiger partial charge in [0.25, 0.3) is 0 Å². The molecule has 566 valence electrons. The number of nitrogens with two attached hydrogens (primary N) is 1. The lowest BCUT2D eigenvalue weighted by molar-refractivity contribution is -0.145. The van der Waals surface area contributed by atoms with Crippen LogP contribution >= 0.6 is 0 Å². The molecular weight excluding hydrogens is 1280 g/mol. The van der Waals surface area contributed by atoms with E-state index in [0.717, 1.165) is 50.4 Å². The lowest BCUT2D eigenvalue weighted by atomic mass is 9.80. The molecule has 99 heavy (non-hydrogen) atoms. The van der Waals surface area contributed by atoms with Gasteiger partial charge in [-0.1, -0.05) is 149 Å². The van der Waals surface area contributed by atoms with Gasteiger partial charge in [-0.15, -0.1) is 0 Å². The van der Waals surface area contributed by atoms with Gasteiger partial charge < -0.3 is 70.8 Å². The molecule has 0 aliphatic heterocycles. The Morgan fingerprint density at radius 1 is 0.545 bits per heavy atom. The molecule has 1 aliphatic carbocycles. The summed E-state index contributed by atoms with van der Waals surface area (Å²) in [6, 6.07) is -2.22. The van der Waals surface area contributed by atoms with Crippen LogP contribution in [0.3, 0.4) is 0 Å². The number of ketones is 5.